The topological polar surface area (TPSA) is 74.8 Å². The molecule has 26 heavy (non-hydrogen) atoms. The Morgan fingerprint density at radius 2 is 1.81 bits per heavy atom. The highest BCUT2D eigenvalue weighted by Gasteiger charge is 2.37. The highest BCUT2D eigenvalue weighted by molar-refractivity contribution is 6.05. The Kier molecular flexibility index (Phi) is 4.07. The van der Waals surface area contributed by atoms with Crippen LogP contribution < -0.4 is 10.9 Å². The van der Waals surface area contributed by atoms with Crippen LogP contribution in [0.5, 0.6) is 0 Å². The summed E-state index contributed by atoms with van der Waals surface area (Å²) in [6.07, 6.45) is 3.97. The number of H-pyrrole nitrogens is 1. The third kappa shape index (κ3) is 2.79. The van der Waals surface area contributed by atoms with Crippen LogP contribution >= 0.6 is 0 Å². The maximum Gasteiger partial charge on any atom is 0.273 e. The van der Waals surface area contributed by atoms with E-state index < -0.39 is 0 Å². The summed E-state index contributed by atoms with van der Waals surface area (Å²) in [5, 5.41) is 10.8. The first-order valence-corrected chi connectivity index (χ1v) is 8.96. The van der Waals surface area contributed by atoms with Crippen molar-refractivity contribution in [1.82, 2.24) is 15.5 Å². The van der Waals surface area contributed by atoms with Crippen LogP contribution in [0.4, 0.5) is 0 Å². The molecule has 2 N–H and O–H groups in total. The zero-order valence-corrected chi connectivity index (χ0v) is 14.7. The van der Waals surface area contributed by atoms with Crippen molar-refractivity contribution in [3.05, 3.63) is 75.7 Å². The van der Waals surface area contributed by atoms with E-state index in [0.29, 0.717) is 10.8 Å². The highest BCUT2D eigenvalue weighted by atomic mass is 16.2. The quantitative estimate of drug-likeness (QED) is 0.762. The highest BCUT2D eigenvalue weighted by Crippen LogP contribution is 2.39. The molecular weight excluding hydrogens is 326 g/mol. The van der Waals surface area contributed by atoms with Gasteiger partial charge in [0.05, 0.1) is 10.9 Å². The second-order valence-electron chi connectivity index (χ2n) is 7.06. The van der Waals surface area contributed by atoms with Crippen molar-refractivity contribution in [1.29, 1.82) is 0 Å². The Morgan fingerprint density at radius 3 is 2.54 bits per heavy atom. The lowest BCUT2D eigenvalue weighted by Crippen LogP contribution is -2.44. The summed E-state index contributed by atoms with van der Waals surface area (Å²) >= 11 is 0. The molecule has 1 aliphatic carbocycles. The zero-order valence-electron chi connectivity index (χ0n) is 14.7. The van der Waals surface area contributed by atoms with Gasteiger partial charge >= 0.3 is 0 Å². The number of nitrogens with zero attached hydrogens (tertiary/aromatic N) is 1. The van der Waals surface area contributed by atoms with Gasteiger partial charge < -0.3 is 5.32 Å². The Balaban J connectivity index is 1.75. The molecule has 0 atom stereocenters. The van der Waals surface area contributed by atoms with Crippen molar-refractivity contribution in [2.45, 2.75) is 38.1 Å². The monoisotopic (exact) mass is 347 g/mol. The Bertz CT molecular complexity index is 1030. The normalized spacial score (nSPS) is 15.9. The number of hydrogen-bond donors (Lipinski definition) is 2. The maximum atomic E-state index is 13.1. The van der Waals surface area contributed by atoms with Crippen molar-refractivity contribution >= 4 is 16.7 Å². The minimum Gasteiger partial charge on any atom is -0.341 e. The predicted molar refractivity (Wildman–Crippen MR) is 101 cm³/mol. The van der Waals surface area contributed by atoms with Crippen LogP contribution in [0.3, 0.4) is 0 Å². The van der Waals surface area contributed by atoms with Gasteiger partial charge in [0.1, 0.15) is 0 Å². The smallest absolute Gasteiger partial charge is 0.273 e. The molecule has 3 aromatic rings. The average molecular weight is 347 g/mol. The lowest BCUT2D eigenvalue weighted by Gasteiger charge is -2.31. The summed E-state index contributed by atoms with van der Waals surface area (Å²) in [7, 11) is 0. The molecule has 0 aliphatic heterocycles. The maximum absolute atomic E-state index is 13.1. The van der Waals surface area contributed by atoms with Gasteiger partial charge in [0.2, 0.25) is 0 Å². The van der Waals surface area contributed by atoms with E-state index in [0.717, 1.165) is 31.2 Å². The summed E-state index contributed by atoms with van der Waals surface area (Å²) in [4.78, 5) is 25.1. The fourth-order valence-corrected chi connectivity index (χ4v) is 3.97. The molecule has 0 saturated heterocycles. The first-order valence-electron chi connectivity index (χ1n) is 8.96. The molecule has 2 aromatic carbocycles. The average Bonchev–Trinajstić information content (AvgIpc) is 3.12. The van der Waals surface area contributed by atoms with Gasteiger partial charge in [-0.3, -0.25) is 9.59 Å². The lowest BCUT2D eigenvalue weighted by atomic mass is 9.87. The number of carbonyl (C=O) groups excluding carboxylic acids is 1. The molecule has 0 radical (unpaired) electrons. The van der Waals surface area contributed by atoms with Crippen molar-refractivity contribution in [3.8, 4) is 0 Å². The number of nitrogens with one attached hydrogen (secondary N) is 2. The SMILES string of the molecule is Cc1cccc(C2(NC(=O)c3n[nH]c(=O)c4ccccc34)CCCC2)c1. The summed E-state index contributed by atoms with van der Waals surface area (Å²) in [6.45, 7) is 2.06. The molecule has 0 spiro atoms. The van der Waals surface area contributed by atoms with E-state index >= 15 is 0 Å². The molecule has 4 rings (SSSR count). The molecule has 1 aliphatic rings. The number of amides is 1. The molecule has 5 nitrogen and oxygen atoms in total. The van der Waals surface area contributed by atoms with E-state index in [1.165, 1.54) is 5.56 Å². The van der Waals surface area contributed by atoms with Gasteiger partial charge in [-0.05, 0) is 31.4 Å². The van der Waals surface area contributed by atoms with Gasteiger partial charge in [-0.1, -0.05) is 60.9 Å². The third-order valence-corrected chi connectivity index (χ3v) is 5.29. The Morgan fingerprint density at radius 1 is 1.08 bits per heavy atom. The van der Waals surface area contributed by atoms with Crippen LogP contribution in [-0.4, -0.2) is 16.1 Å². The number of aryl methyl sites for hydroxylation is 1. The second kappa shape index (κ2) is 6.41. The van der Waals surface area contributed by atoms with E-state index in [1.54, 1.807) is 18.2 Å². The minimum atomic E-state index is -0.373. The van der Waals surface area contributed by atoms with E-state index in [1.807, 2.05) is 12.1 Å². The Hall–Kier alpha value is -2.95. The molecule has 1 heterocycles. The first kappa shape index (κ1) is 16.5. The Labute approximate surface area is 151 Å². The standard InChI is InChI=1S/C21H21N3O2/c1-14-7-6-8-15(13-14)21(11-4-5-12-21)22-20(26)18-16-9-2-3-10-17(16)19(25)24-23-18/h2-3,6-10,13H,4-5,11-12H2,1H3,(H,22,26)(H,24,25). The molecular formula is C21H21N3O2. The first-order chi connectivity index (χ1) is 12.6. The fourth-order valence-electron chi connectivity index (χ4n) is 3.97. The van der Waals surface area contributed by atoms with Crippen LogP contribution in [0.25, 0.3) is 10.8 Å². The van der Waals surface area contributed by atoms with Crippen LogP contribution in [0.15, 0.2) is 53.3 Å². The molecule has 5 heteroatoms. The lowest BCUT2D eigenvalue weighted by molar-refractivity contribution is 0.0894. The number of hydrogen-bond acceptors (Lipinski definition) is 3. The third-order valence-electron chi connectivity index (χ3n) is 5.29. The van der Waals surface area contributed by atoms with Crippen molar-refractivity contribution < 1.29 is 4.79 Å². The van der Waals surface area contributed by atoms with E-state index in [2.05, 4.69) is 40.6 Å². The summed E-state index contributed by atoms with van der Waals surface area (Å²) in [5.74, 6) is -0.249. The second-order valence-corrected chi connectivity index (χ2v) is 7.06. The fraction of sp³-hybridized carbons (Fsp3) is 0.286. The van der Waals surface area contributed by atoms with Crippen LogP contribution in [-0.2, 0) is 5.54 Å². The van der Waals surface area contributed by atoms with Crippen molar-refractivity contribution in [2.75, 3.05) is 0 Å². The largest absolute Gasteiger partial charge is 0.341 e. The van der Waals surface area contributed by atoms with E-state index in [9.17, 15) is 9.59 Å². The van der Waals surface area contributed by atoms with Crippen LogP contribution in [0, 0.1) is 6.92 Å². The zero-order chi connectivity index (χ0) is 18.1. The molecule has 1 aromatic heterocycles. The van der Waals surface area contributed by atoms with Gasteiger partial charge in [0.25, 0.3) is 11.5 Å². The summed E-state index contributed by atoms with van der Waals surface area (Å²) in [6, 6.07) is 15.4. The number of rotatable bonds is 3. The van der Waals surface area contributed by atoms with Crippen molar-refractivity contribution in [3.63, 3.8) is 0 Å². The summed E-state index contributed by atoms with van der Waals surface area (Å²) in [5.41, 5.74) is 1.92. The van der Waals surface area contributed by atoms with Crippen LogP contribution in [0.2, 0.25) is 0 Å². The number of aromatic nitrogens is 2. The predicted octanol–water partition coefficient (Wildman–Crippen LogP) is 3.43. The molecule has 1 amide bonds. The minimum absolute atomic E-state index is 0.249. The van der Waals surface area contributed by atoms with Crippen molar-refractivity contribution in [2.24, 2.45) is 0 Å². The number of carbonyl (C=O) groups is 1. The van der Waals surface area contributed by atoms with Gasteiger partial charge in [-0.2, -0.15) is 5.10 Å². The van der Waals surface area contributed by atoms with Gasteiger partial charge in [-0.15, -0.1) is 0 Å². The van der Waals surface area contributed by atoms with Gasteiger partial charge in [-0.25, -0.2) is 5.10 Å². The molecule has 0 unspecified atom stereocenters. The van der Waals surface area contributed by atoms with E-state index in [4.69, 9.17) is 0 Å². The van der Waals surface area contributed by atoms with Crippen LogP contribution in [0.1, 0.15) is 47.3 Å². The number of aromatic amines is 1. The number of fused-ring (bicyclic) bond motifs is 1. The molecule has 1 fully saturated rings. The van der Waals surface area contributed by atoms with Gasteiger partial charge in [0.15, 0.2) is 5.69 Å². The molecule has 1 saturated carbocycles. The van der Waals surface area contributed by atoms with Gasteiger partial charge in [0, 0.05) is 5.39 Å². The summed E-state index contributed by atoms with van der Waals surface area (Å²) < 4.78 is 0. The molecule has 0 bridgehead atoms. The molecule has 132 valence electrons. The number of benzene rings is 2. The van der Waals surface area contributed by atoms with E-state index in [-0.39, 0.29) is 22.7 Å².